The SMILES string of the molecule is Cc1nnc(NC(=O)C(=O)Nc2ccccc2C(C)C)s1. The van der Waals surface area contributed by atoms with Crippen molar-refractivity contribution in [2.45, 2.75) is 26.7 Å². The summed E-state index contributed by atoms with van der Waals surface area (Å²) in [5, 5.41) is 13.6. The van der Waals surface area contributed by atoms with Crippen molar-refractivity contribution in [2.24, 2.45) is 0 Å². The summed E-state index contributed by atoms with van der Waals surface area (Å²) in [5.41, 5.74) is 1.62. The molecule has 1 aromatic carbocycles. The van der Waals surface area contributed by atoms with Gasteiger partial charge in [-0.2, -0.15) is 0 Å². The van der Waals surface area contributed by atoms with E-state index in [0.717, 1.165) is 10.6 Å². The molecular weight excluding hydrogens is 288 g/mol. The van der Waals surface area contributed by atoms with Crippen LogP contribution in [0.1, 0.15) is 30.3 Å². The quantitative estimate of drug-likeness (QED) is 0.854. The van der Waals surface area contributed by atoms with Crippen LogP contribution >= 0.6 is 11.3 Å². The highest BCUT2D eigenvalue weighted by atomic mass is 32.1. The van der Waals surface area contributed by atoms with Crippen LogP contribution in [-0.4, -0.2) is 22.0 Å². The van der Waals surface area contributed by atoms with Crippen LogP contribution in [0.25, 0.3) is 0 Å². The molecular formula is C14H16N4O2S. The van der Waals surface area contributed by atoms with Gasteiger partial charge in [-0.15, -0.1) is 10.2 Å². The van der Waals surface area contributed by atoms with Gasteiger partial charge in [-0.05, 0) is 24.5 Å². The first-order valence-corrected chi connectivity index (χ1v) is 7.30. The van der Waals surface area contributed by atoms with Crippen LogP contribution in [0, 0.1) is 6.92 Å². The fraction of sp³-hybridized carbons (Fsp3) is 0.286. The van der Waals surface area contributed by atoms with Crippen molar-refractivity contribution in [3.8, 4) is 0 Å². The molecule has 0 aliphatic rings. The van der Waals surface area contributed by atoms with Crippen LogP contribution in [0.5, 0.6) is 0 Å². The molecule has 0 spiro atoms. The monoisotopic (exact) mass is 304 g/mol. The van der Waals surface area contributed by atoms with E-state index in [9.17, 15) is 9.59 Å². The lowest BCUT2D eigenvalue weighted by Gasteiger charge is -2.13. The Bertz CT molecular complexity index is 666. The molecule has 0 aliphatic heterocycles. The van der Waals surface area contributed by atoms with Gasteiger partial charge >= 0.3 is 11.8 Å². The third kappa shape index (κ3) is 3.85. The third-order valence-corrected chi connectivity index (χ3v) is 3.54. The van der Waals surface area contributed by atoms with Gasteiger partial charge in [-0.3, -0.25) is 14.9 Å². The van der Waals surface area contributed by atoms with Gasteiger partial charge in [-0.1, -0.05) is 43.4 Å². The summed E-state index contributed by atoms with van der Waals surface area (Å²) >= 11 is 1.21. The van der Waals surface area contributed by atoms with Gasteiger partial charge in [0.25, 0.3) is 0 Å². The first-order chi connectivity index (χ1) is 9.97. The highest BCUT2D eigenvalue weighted by molar-refractivity contribution is 7.15. The van der Waals surface area contributed by atoms with Gasteiger partial charge < -0.3 is 5.32 Å². The van der Waals surface area contributed by atoms with Crippen molar-refractivity contribution in [1.29, 1.82) is 0 Å². The number of carbonyl (C=O) groups is 2. The van der Waals surface area contributed by atoms with Crippen molar-refractivity contribution >= 4 is 34.0 Å². The van der Waals surface area contributed by atoms with E-state index in [0.29, 0.717) is 10.8 Å². The van der Waals surface area contributed by atoms with Crippen LogP contribution in [0.4, 0.5) is 10.8 Å². The fourth-order valence-electron chi connectivity index (χ4n) is 1.79. The lowest BCUT2D eigenvalue weighted by atomic mass is 10.0. The Morgan fingerprint density at radius 2 is 1.76 bits per heavy atom. The topological polar surface area (TPSA) is 84.0 Å². The molecule has 2 N–H and O–H groups in total. The van der Waals surface area contributed by atoms with Gasteiger partial charge in [0.05, 0.1) is 0 Å². The number of aryl methyl sites for hydroxylation is 1. The van der Waals surface area contributed by atoms with Gasteiger partial charge in [0.2, 0.25) is 5.13 Å². The van der Waals surface area contributed by atoms with Crippen LogP contribution in [0.15, 0.2) is 24.3 Å². The van der Waals surface area contributed by atoms with Crippen LogP contribution < -0.4 is 10.6 Å². The third-order valence-electron chi connectivity index (χ3n) is 2.78. The molecule has 7 heteroatoms. The molecule has 1 heterocycles. The minimum atomic E-state index is -0.760. The van der Waals surface area contributed by atoms with E-state index in [-0.39, 0.29) is 5.92 Å². The maximum atomic E-state index is 11.9. The zero-order chi connectivity index (χ0) is 15.4. The minimum absolute atomic E-state index is 0.246. The fourth-order valence-corrected chi connectivity index (χ4v) is 2.38. The molecule has 21 heavy (non-hydrogen) atoms. The van der Waals surface area contributed by atoms with Gasteiger partial charge in [0.1, 0.15) is 5.01 Å². The highest BCUT2D eigenvalue weighted by Gasteiger charge is 2.17. The minimum Gasteiger partial charge on any atom is -0.318 e. The molecule has 110 valence electrons. The Kier molecular flexibility index (Phi) is 4.64. The van der Waals surface area contributed by atoms with Crippen molar-refractivity contribution in [1.82, 2.24) is 10.2 Å². The van der Waals surface area contributed by atoms with Crippen molar-refractivity contribution in [3.63, 3.8) is 0 Å². The van der Waals surface area contributed by atoms with Crippen molar-refractivity contribution < 1.29 is 9.59 Å². The number of hydrogen-bond acceptors (Lipinski definition) is 5. The summed E-state index contributed by atoms with van der Waals surface area (Å²) in [5.74, 6) is -1.24. The van der Waals surface area contributed by atoms with Gasteiger partial charge in [0.15, 0.2) is 0 Å². The van der Waals surface area contributed by atoms with Crippen LogP contribution in [0.2, 0.25) is 0 Å². The second-order valence-corrected chi connectivity index (χ2v) is 5.96. The van der Waals surface area contributed by atoms with E-state index in [1.165, 1.54) is 11.3 Å². The predicted molar refractivity (Wildman–Crippen MR) is 82.4 cm³/mol. The molecule has 0 radical (unpaired) electrons. The molecule has 0 bridgehead atoms. The first kappa shape index (κ1) is 15.1. The second kappa shape index (κ2) is 6.45. The molecule has 0 saturated heterocycles. The molecule has 0 aliphatic carbocycles. The number of carbonyl (C=O) groups excluding carboxylic acids is 2. The normalized spacial score (nSPS) is 10.5. The number of benzene rings is 1. The van der Waals surface area contributed by atoms with E-state index in [4.69, 9.17) is 0 Å². The van der Waals surface area contributed by atoms with Crippen LogP contribution in [-0.2, 0) is 9.59 Å². The second-order valence-electron chi connectivity index (χ2n) is 4.78. The number of aromatic nitrogens is 2. The summed E-state index contributed by atoms with van der Waals surface area (Å²) in [6.07, 6.45) is 0. The molecule has 2 aromatic rings. The number of nitrogens with zero attached hydrogens (tertiary/aromatic N) is 2. The van der Waals surface area contributed by atoms with E-state index in [1.807, 2.05) is 32.0 Å². The standard InChI is InChI=1S/C14H16N4O2S/c1-8(2)10-6-4-5-7-11(10)15-12(19)13(20)16-14-18-17-9(3)21-14/h4-8H,1-3H3,(H,15,19)(H,16,18,20). The number of hydrogen-bond donors (Lipinski definition) is 2. The molecule has 0 atom stereocenters. The van der Waals surface area contributed by atoms with E-state index < -0.39 is 11.8 Å². The number of rotatable bonds is 3. The Morgan fingerprint density at radius 3 is 2.38 bits per heavy atom. The molecule has 0 fully saturated rings. The number of amides is 2. The Morgan fingerprint density at radius 1 is 1.10 bits per heavy atom. The largest absolute Gasteiger partial charge is 0.318 e. The van der Waals surface area contributed by atoms with Gasteiger partial charge in [0, 0.05) is 5.69 Å². The Balaban J connectivity index is 2.06. The lowest BCUT2D eigenvalue weighted by Crippen LogP contribution is -2.29. The summed E-state index contributed by atoms with van der Waals surface area (Å²) in [6, 6.07) is 7.41. The average molecular weight is 304 g/mol. The average Bonchev–Trinajstić information content (AvgIpc) is 2.84. The van der Waals surface area contributed by atoms with Gasteiger partial charge in [-0.25, -0.2) is 0 Å². The molecule has 0 unspecified atom stereocenters. The Hall–Kier alpha value is -2.28. The maximum Gasteiger partial charge on any atom is 0.315 e. The predicted octanol–water partition coefficient (Wildman–Crippen LogP) is 2.55. The van der Waals surface area contributed by atoms with E-state index in [2.05, 4.69) is 20.8 Å². The van der Waals surface area contributed by atoms with Crippen molar-refractivity contribution in [2.75, 3.05) is 10.6 Å². The molecule has 1 aromatic heterocycles. The smallest absolute Gasteiger partial charge is 0.315 e. The first-order valence-electron chi connectivity index (χ1n) is 6.48. The molecule has 2 rings (SSSR count). The summed E-state index contributed by atoms with van der Waals surface area (Å²) < 4.78 is 0. The Labute approximate surface area is 126 Å². The van der Waals surface area contributed by atoms with E-state index in [1.54, 1.807) is 13.0 Å². The lowest BCUT2D eigenvalue weighted by molar-refractivity contribution is -0.133. The van der Waals surface area contributed by atoms with Crippen molar-refractivity contribution in [3.05, 3.63) is 34.8 Å². The number of anilines is 2. The summed E-state index contributed by atoms with van der Waals surface area (Å²) in [4.78, 5) is 23.8. The maximum absolute atomic E-state index is 11.9. The summed E-state index contributed by atoms with van der Waals surface area (Å²) in [7, 11) is 0. The number of para-hydroxylation sites is 1. The zero-order valence-electron chi connectivity index (χ0n) is 12.0. The molecule has 0 saturated carbocycles. The zero-order valence-corrected chi connectivity index (χ0v) is 12.8. The van der Waals surface area contributed by atoms with Crippen LogP contribution in [0.3, 0.4) is 0 Å². The highest BCUT2D eigenvalue weighted by Crippen LogP contribution is 2.23. The number of nitrogens with one attached hydrogen (secondary N) is 2. The summed E-state index contributed by atoms with van der Waals surface area (Å²) in [6.45, 7) is 5.82. The van der Waals surface area contributed by atoms with E-state index >= 15 is 0 Å². The molecule has 6 nitrogen and oxygen atoms in total. The molecule has 2 amide bonds.